The largest absolute Gasteiger partial charge is 0.454 e. The second-order valence-corrected chi connectivity index (χ2v) is 36.6. The number of benzene rings is 21. The summed E-state index contributed by atoms with van der Waals surface area (Å²) in [6.07, 6.45) is 0. The Labute approximate surface area is 791 Å². The van der Waals surface area contributed by atoms with Crippen molar-refractivity contribution in [1.29, 1.82) is 0 Å². The minimum Gasteiger partial charge on any atom is -0.454 e. The maximum Gasteiger partial charge on any atom is 0.159 e. The van der Waals surface area contributed by atoms with E-state index in [1.807, 2.05) is 18.2 Å². The molecular formula is C130H93N3O3. The van der Waals surface area contributed by atoms with Crippen LogP contribution in [-0.4, -0.2) is 0 Å². The fourth-order valence-corrected chi connectivity index (χ4v) is 21.0. The molecule has 6 heteroatoms. The normalized spacial score (nSPS) is 12.5. The first-order chi connectivity index (χ1) is 66.9. The van der Waals surface area contributed by atoms with Gasteiger partial charge in [0.25, 0.3) is 0 Å². The van der Waals surface area contributed by atoms with Crippen molar-refractivity contribution in [2.45, 2.75) is 38.5 Å². The predicted molar refractivity (Wildman–Crippen MR) is 570 cm³/mol. The van der Waals surface area contributed by atoms with Gasteiger partial charge in [0, 0.05) is 77.1 Å². The second kappa shape index (κ2) is 34.1. The van der Waals surface area contributed by atoms with Crippen molar-refractivity contribution in [3.05, 3.63) is 514 Å². The van der Waals surface area contributed by atoms with E-state index in [1.54, 1.807) is 0 Å². The third-order valence-electron chi connectivity index (χ3n) is 27.8. The van der Waals surface area contributed by atoms with Crippen LogP contribution in [0.4, 0.5) is 51.2 Å². The summed E-state index contributed by atoms with van der Waals surface area (Å²) in [5.74, 6) is 0. The molecule has 21 aromatic carbocycles. The Hall–Kier alpha value is -17.3. The number of rotatable bonds is 15. The first-order valence-electron chi connectivity index (χ1n) is 46.8. The van der Waals surface area contributed by atoms with Gasteiger partial charge in [-0.1, -0.05) is 392 Å². The predicted octanol–water partition coefficient (Wildman–Crippen LogP) is 36.9. The Kier molecular flexibility index (Phi) is 20.5. The quantitative estimate of drug-likeness (QED) is 0.102. The smallest absolute Gasteiger partial charge is 0.159 e. The van der Waals surface area contributed by atoms with Crippen LogP contribution in [0.1, 0.15) is 49.9 Å². The molecule has 0 saturated carbocycles. The highest BCUT2D eigenvalue weighted by atomic mass is 16.3. The van der Waals surface area contributed by atoms with Gasteiger partial charge < -0.3 is 28.0 Å². The molecule has 24 aromatic rings. The van der Waals surface area contributed by atoms with Gasteiger partial charge in [0.15, 0.2) is 16.7 Å². The monoisotopic (exact) mass is 1740 g/mol. The fourth-order valence-electron chi connectivity index (χ4n) is 21.0. The van der Waals surface area contributed by atoms with Crippen LogP contribution in [0.2, 0.25) is 0 Å². The number of fused-ring (bicyclic) bond motifs is 16. The maximum absolute atomic E-state index is 6.79. The summed E-state index contributed by atoms with van der Waals surface area (Å²) >= 11 is 0. The molecule has 136 heavy (non-hydrogen) atoms. The average molecular weight is 1750 g/mol. The summed E-state index contributed by atoms with van der Waals surface area (Å²) in [5.41, 5.74) is 39.3. The molecule has 26 rings (SSSR count). The molecule has 0 radical (unpaired) electrons. The molecule has 0 saturated heterocycles. The lowest BCUT2D eigenvalue weighted by atomic mass is 9.82. The van der Waals surface area contributed by atoms with E-state index < -0.39 is 0 Å². The SMILES string of the molecule is CC1(C)c2ccccc2-c2ccc(N(c3ccccc3)c3cc(-c4ccccc4)cc4c3oc3ccccc34)cc21.CC1(C)c2ccccc2-c2ccc(N(c3ccccc3-c3ccccc3)c3cc(-c4ccccc4)cc4c3oc3ccccc34)cc21.c1ccc(-c2ccc(N(c3ccc(-c4ccc5ccccc5c4)cc3)c3cc(-c4ccccc4)cc4c3oc3ccccc34)cc2)cc1. The topological polar surface area (TPSA) is 49.1 Å². The van der Waals surface area contributed by atoms with Crippen LogP contribution in [0.5, 0.6) is 0 Å². The van der Waals surface area contributed by atoms with Gasteiger partial charge in [0.05, 0.1) is 22.7 Å². The zero-order valence-electron chi connectivity index (χ0n) is 75.8. The molecule has 0 atom stereocenters. The van der Waals surface area contributed by atoms with Gasteiger partial charge in [-0.05, 0) is 244 Å². The Morgan fingerprint density at radius 3 is 0.897 bits per heavy atom. The molecule has 3 heterocycles. The number of hydrogen-bond donors (Lipinski definition) is 0. The summed E-state index contributed by atoms with van der Waals surface area (Å²) < 4.78 is 20.1. The van der Waals surface area contributed by atoms with Gasteiger partial charge in [-0.25, -0.2) is 0 Å². The second-order valence-electron chi connectivity index (χ2n) is 36.6. The molecule has 0 aliphatic heterocycles. The number of hydrogen-bond acceptors (Lipinski definition) is 6. The van der Waals surface area contributed by atoms with Crippen molar-refractivity contribution >= 4 is 128 Å². The molecule has 0 unspecified atom stereocenters. The fraction of sp³-hybridized carbons (Fsp3) is 0.0462. The summed E-state index contributed by atoms with van der Waals surface area (Å²) in [4.78, 5) is 7.10. The van der Waals surface area contributed by atoms with Crippen LogP contribution in [0.15, 0.2) is 505 Å². The van der Waals surface area contributed by atoms with Crippen molar-refractivity contribution in [2.75, 3.05) is 14.7 Å². The Bertz CT molecular complexity index is 8640. The van der Waals surface area contributed by atoms with Gasteiger partial charge in [0.1, 0.15) is 16.7 Å². The zero-order valence-corrected chi connectivity index (χ0v) is 75.8. The number of nitrogens with zero attached hydrogens (tertiary/aromatic N) is 3. The summed E-state index contributed by atoms with van der Waals surface area (Å²) in [6, 6.07) is 176. The molecule has 646 valence electrons. The van der Waals surface area contributed by atoms with E-state index in [9.17, 15) is 0 Å². The van der Waals surface area contributed by atoms with Crippen LogP contribution >= 0.6 is 0 Å². The molecule has 0 spiro atoms. The van der Waals surface area contributed by atoms with Gasteiger partial charge in [-0.2, -0.15) is 0 Å². The third kappa shape index (κ3) is 14.6. The minimum atomic E-state index is -0.132. The zero-order chi connectivity index (χ0) is 91.0. The molecule has 2 aliphatic rings. The molecule has 3 aromatic heterocycles. The molecule has 0 N–H and O–H groups in total. The van der Waals surface area contributed by atoms with Crippen molar-refractivity contribution in [3.8, 4) is 89.0 Å². The molecule has 0 fully saturated rings. The molecule has 0 bridgehead atoms. The summed E-state index contributed by atoms with van der Waals surface area (Å²) in [7, 11) is 0. The van der Waals surface area contributed by atoms with Crippen molar-refractivity contribution < 1.29 is 13.3 Å². The summed E-state index contributed by atoms with van der Waals surface area (Å²) in [5, 5.41) is 9.15. The molecular weight excluding hydrogens is 1650 g/mol. The maximum atomic E-state index is 6.79. The number of para-hydroxylation sites is 5. The van der Waals surface area contributed by atoms with Gasteiger partial charge in [-0.3, -0.25) is 0 Å². The van der Waals surface area contributed by atoms with E-state index in [0.717, 1.165) is 145 Å². The average Bonchev–Trinajstić information content (AvgIpc) is 1.56. The molecule has 0 amide bonds. The summed E-state index contributed by atoms with van der Waals surface area (Å²) in [6.45, 7) is 9.36. The number of anilines is 9. The van der Waals surface area contributed by atoms with Crippen LogP contribution in [0, 0.1) is 0 Å². The van der Waals surface area contributed by atoms with Crippen LogP contribution in [-0.2, 0) is 10.8 Å². The van der Waals surface area contributed by atoms with E-state index in [4.69, 9.17) is 13.3 Å². The Morgan fingerprint density at radius 2 is 0.456 bits per heavy atom. The van der Waals surface area contributed by atoms with Crippen LogP contribution < -0.4 is 14.7 Å². The highest BCUT2D eigenvalue weighted by Gasteiger charge is 2.39. The van der Waals surface area contributed by atoms with Crippen molar-refractivity contribution in [1.82, 2.24) is 0 Å². The highest BCUT2D eigenvalue weighted by molar-refractivity contribution is 6.16. The van der Waals surface area contributed by atoms with E-state index >= 15 is 0 Å². The number of furan rings is 3. The van der Waals surface area contributed by atoms with E-state index in [2.05, 4.69) is 516 Å². The Balaban J connectivity index is 0.000000112. The van der Waals surface area contributed by atoms with Crippen LogP contribution in [0.25, 0.3) is 166 Å². The van der Waals surface area contributed by atoms with Crippen molar-refractivity contribution in [3.63, 3.8) is 0 Å². The van der Waals surface area contributed by atoms with Crippen LogP contribution in [0.3, 0.4) is 0 Å². The van der Waals surface area contributed by atoms with Gasteiger partial charge in [0.2, 0.25) is 0 Å². The van der Waals surface area contributed by atoms with Crippen molar-refractivity contribution in [2.24, 2.45) is 0 Å². The lowest BCUT2D eigenvalue weighted by Gasteiger charge is -2.30. The standard InChI is InChI=1S/C46H31NO.C45H33NO.C39H29NO/c1-3-11-32(12-4-1)35-21-25-40(26-22-35)47(41-27-23-36(24-28-41)38-20-19-34-15-7-8-16-37(34)29-38)44-31-39(33-13-5-2-6-14-33)30-43-42-17-9-10-18-45(42)48-46(43)44;1-45(2)39-22-12-9-20-35(39)36-26-25-33(29-40(36)45)46(41-23-13-10-19-34(41)31-17-7-4-8-18-31)42-28-32(30-15-5-3-6-16-30)27-38-37-21-11-14-24-43(37)47-44(38)42;1-39(2)34-19-11-9-17-30(34)31-22-21-29(25-35(31)39)40(28-15-7-4-8-16-28)36-24-27(26-13-5-3-6-14-26)23-33-32-18-10-12-20-37(32)41-38(33)36/h1-31H;3-29H,1-2H3;3-25H,1-2H3. The third-order valence-corrected chi connectivity index (χ3v) is 27.8. The van der Waals surface area contributed by atoms with E-state index in [1.165, 1.54) is 94.2 Å². The first-order valence-corrected chi connectivity index (χ1v) is 46.8. The molecule has 6 nitrogen and oxygen atoms in total. The highest BCUT2D eigenvalue weighted by Crippen LogP contribution is 2.56. The molecule has 2 aliphatic carbocycles. The van der Waals surface area contributed by atoms with Gasteiger partial charge >= 0.3 is 0 Å². The first kappa shape index (κ1) is 81.9. The lowest BCUT2D eigenvalue weighted by molar-refractivity contribution is 0.660. The Morgan fingerprint density at radius 1 is 0.162 bits per heavy atom. The van der Waals surface area contributed by atoms with E-state index in [0.29, 0.717) is 0 Å². The van der Waals surface area contributed by atoms with E-state index in [-0.39, 0.29) is 10.8 Å². The van der Waals surface area contributed by atoms with Gasteiger partial charge in [-0.15, -0.1) is 0 Å². The lowest BCUT2D eigenvalue weighted by Crippen LogP contribution is -2.17. The minimum absolute atomic E-state index is 0.0924.